The highest BCUT2D eigenvalue weighted by atomic mass is 32.2. The number of nitrogens with one attached hydrogen (secondary N) is 1. The average molecular weight is 368 g/mol. The van der Waals surface area contributed by atoms with E-state index in [1.165, 1.54) is 36.0 Å². The van der Waals surface area contributed by atoms with Crippen molar-refractivity contribution in [3.63, 3.8) is 0 Å². The van der Waals surface area contributed by atoms with Crippen LogP contribution >= 0.6 is 11.8 Å². The number of halogens is 1. The van der Waals surface area contributed by atoms with Crippen molar-refractivity contribution in [2.75, 3.05) is 17.6 Å². The molecular formula is C17H21FN2O4S. The van der Waals surface area contributed by atoms with Crippen molar-refractivity contribution in [3.8, 4) is 0 Å². The molecule has 3 atom stereocenters. The molecule has 6 nitrogen and oxygen atoms in total. The van der Waals surface area contributed by atoms with Gasteiger partial charge in [-0.25, -0.2) is 4.39 Å². The molecule has 0 spiro atoms. The summed E-state index contributed by atoms with van der Waals surface area (Å²) in [7, 11) is 0. The molecule has 2 amide bonds. The molecule has 1 saturated heterocycles. The molecule has 3 unspecified atom stereocenters. The number of likely N-dealkylation sites (tertiary alicyclic amines) is 1. The van der Waals surface area contributed by atoms with Crippen LogP contribution in [0, 0.1) is 11.7 Å². The second-order valence-corrected chi connectivity index (χ2v) is 7.34. The maximum atomic E-state index is 12.8. The fourth-order valence-corrected chi connectivity index (χ4v) is 3.57. The molecule has 8 heteroatoms. The van der Waals surface area contributed by atoms with Crippen molar-refractivity contribution in [2.24, 2.45) is 5.92 Å². The molecule has 0 radical (unpaired) electrons. The summed E-state index contributed by atoms with van der Waals surface area (Å²) in [6, 6.07) is 5.08. The van der Waals surface area contributed by atoms with Gasteiger partial charge in [0.2, 0.25) is 11.8 Å². The van der Waals surface area contributed by atoms with Crippen molar-refractivity contribution in [1.82, 2.24) is 4.90 Å². The molecule has 1 heterocycles. The SMILES string of the molecule is CC(SCC(=O)Nc1ccc(F)cc1)C(=O)N1CCC(C(=O)O)C1C. The molecule has 2 N–H and O–H groups in total. The van der Waals surface area contributed by atoms with Gasteiger partial charge >= 0.3 is 5.97 Å². The Morgan fingerprint density at radius 3 is 2.56 bits per heavy atom. The topological polar surface area (TPSA) is 86.7 Å². The van der Waals surface area contributed by atoms with Gasteiger partial charge in [0.1, 0.15) is 5.82 Å². The number of carboxylic acids is 1. The molecular weight excluding hydrogens is 347 g/mol. The van der Waals surface area contributed by atoms with Gasteiger partial charge in [0.25, 0.3) is 0 Å². The van der Waals surface area contributed by atoms with Gasteiger partial charge in [0, 0.05) is 18.3 Å². The molecule has 1 aliphatic rings. The van der Waals surface area contributed by atoms with Crippen molar-refractivity contribution in [3.05, 3.63) is 30.1 Å². The number of anilines is 1. The number of rotatable bonds is 6. The summed E-state index contributed by atoms with van der Waals surface area (Å²) in [5.74, 6) is -2.17. The van der Waals surface area contributed by atoms with Crippen molar-refractivity contribution < 1.29 is 23.9 Å². The zero-order chi connectivity index (χ0) is 18.6. The predicted molar refractivity (Wildman–Crippen MR) is 93.9 cm³/mol. The Morgan fingerprint density at radius 2 is 2.00 bits per heavy atom. The minimum absolute atomic E-state index is 0.0782. The summed E-state index contributed by atoms with van der Waals surface area (Å²) < 4.78 is 12.8. The molecule has 0 saturated carbocycles. The van der Waals surface area contributed by atoms with Gasteiger partial charge in [-0.3, -0.25) is 14.4 Å². The first-order chi connectivity index (χ1) is 11.8. The van der Waals surface area contributed by atoms with Crippen LogP contribution in [-0.4, -0.2) is 51.4 Å². The largest absolute Gasteiger partial charge is 0.481 e. The lowest BCUT2D eigenvalue weighted by Gasteiger charge is -2.26. The van der Waals surface area contributed by atoms with Crippen molar-refractivity contribution >= 4 is 35.2 Å². The number of thioether (sulfide) groups is 1. The van der Waals surface area contributed by atoms with Crippen LogP contribution in [0.15, 0.2) is 24.3 Å². The highest BCUT2D eigenvalue weighted by Crippen LogP contribution is 2.27. The van der Waals surface area contributed by atoms with E-state index in [0.29, 0.717) is 18.7 Å². The summed E-state index contributed by atoms with van der Waals surface area (Å²) in [6.45, 7) is 3.87. The summed E-state index contributed by atoms with van der Waals surface area (Å²) in [4.78, 5) is 37.1. The van der Waals surface area contributed by atoms with Gasteiger partial charge in [0.05, 0.1) is 16.9 Å². The first-order valence-corrected chi connectivity index (χ1v) is 9.04. The number of carboxylic acid groups (broad SMARTS) is 1. The van der Waals surface area contributed by atoms with E-state index in [2.05, 4.69) is 5.32 Å². The van der Waals surface area contributed by atoms with Crippen LogP contribution in [-0.2, 0) is 14.4 Å². The van der Waals surface area contributed by atoms with E-state index >= 15 is 0 Å². The quantitative estimate of drug-likeness (QED) is 0.804. The summed E-state index contributed by atoms with van der Waals surface area (Å²) in [5.41, 5.74) is 0.489. The monoisotopic (exact) mass is 368 g/mol. The lowest BCUT2D eigenvalue weighted by atomic mass is 10.0. The number of carbonyl (C=O) groups is 3. The number of carbonyl (C=O) groups excluding carboxylic acids is 2. The molecule has 1 fully saturated rings. The second-order valence-electron chi connectivity index (χ2n) is 6.01. The number of hydrogen-bond acceptors (Lipinski definition) is 4. The van der Waals surface area contributed by atoms with Gasteiger partial charge in [-0.05, 0) is 44.5 Å². The Balaban J connectivity index is 1.82. The predicted octanol–water partition coefficient (Wildman–Crippen LogP) is 2.21. The number of benzene rings is 1. The minimum atomic E-state index is -0.887. The molecule has 0 aromatic heterocycles. The number of hydrogen-bond donors (Lipinski definition) is 2. The smallest absolute Gasteiger partial charge is 0.308 e. The van der Waals surface area contributed by atoms with E-state index in [4.69, 9.17) is 5.11 Å². The van der Waals surface area contributed by atoms with Crippen LogP contribution in [0.25, 0.3) is 0 Å². The van der Waals surface area contributed by atoms with Crippen molar-refractivity contribution in [2.45, 2.75) is 31.6 Å². The Hall–Kier alpha value is -2.09. The minimum Gasteiger partial charge on any atom is -0.481 e. The molecule has 25 heavy (non-hydrogen) atoms. The summed E-state index contributed by atoms with van der Waals surface area (Å²) in [6.07, 6.45) is 0.449. The number of nitrogens with zero attached hydrogens (tertiary/aromatic N) is 1. The lowest BCUT2D eigenvalue weighted by molar-refractivity contribution is -0.143. The average Bonchev–Trinajstić information content (AvgIpc) is 2.95. The van der Waals surface area contributed by atoms with Gasteiger partial charge in [0.15, 0.2) is 0 Å². The van der Waals surface area contributed by atoms with Gasteiger partial charge in [-0.1, -0.05) is 0 Å². The highest BCUT2D eigenvalue weighted by Gasteiger charge is 2.39. The summed E-state index contributed by atoms with van der Waals surface area (Å²) in [5, 5.41) is 11.3. The molecule has 2 rings (SSSR count). The van der Waals surface area contributed by atoms with E-state index in [9.17, 15) is 18.8 Å². The van der Waals surface area contributed by atoms with E-state index in [1.807, 2.05) is 0 Å². The second kappa shape index (κ2) is 8.33. The number of aliphatic carboxylic acids is 1. The van der Waals surface area contributed by atoms with E-state index < -0.39 is 17.1 Å². The van der Waals surface area contributed by atoms with Gasteiger partial charge < -0.3 is 15.3 Å². The van der Waals surface area contributed by atoms with E-state index in [0.717, 1.165) is 0 Å². The third-order valence-corrected chi connectivity index (χ3v) is 5.43. The van der Waals surface area contributed by atoms with Crippen LogP contribution in [0.2, 0.25) is 0 Å². The van der Waals surface area contributed by atoms with Crippen molar-refractivity contribution in [1.29, 1.82) is 0 Å². The molecule has 1 aromatic carbocycles. The normalized spacial score (nSPS) is 21.0. The van der Waals surface area contributed by atoms with Crippen LogP contribution < -0.4 is 5.32 Å². The van der Waals surface area contributed by atoms with Gasteiger partial charge in [-0.2, -0.15) is 0 Å². The Labute approximate surface area is 149 Å². The third kappa shape index (κ3) is 4.94. The zero-order valence-electron chi connectivity index (χ0n) is 14.1. The lowest BCUT2D eigenvalue weighted by Crippen LogP contribution is -2.41. The zero-order valence-corrected chi connectivity index (χ0v) is 14.9. The van der Waals surface area contributed by atoms with Gasteiger partial charge in [-0.15, -0.1) is 11.8 Å². The van der Waals surface area contributed by atoms with E-state index in [1.54, 1.807) is 18.7 Å². The molecule has 0 bridgehead atoms. The molecule has 136 valence electrons. The highest BCUT2D eigenvalue weighted by molar-refractivity contribution is 8.01. The van der Waals surface area contributed by atoms with Crippen LogP contribution in [0.1, 0.15) is 20.3 Å². The maximum Gasteiger partial charge on any atom is 0.308 e. The number of amides is 2. The van der Waals surface area contributed by atoms with Crippen LogP contribution in [0.3, 0.4) is 0 Å². The van der Waals surface area contributed by atoms with Crippen LogP contribution in [0.5, 0.6) is 0 Å². The fraction of sp³-hybridized carbons (Fsp3) is 0.471. The Bertz CT molecular complexity index is 653. The Kier molecular flexibility index (Phi) is 6.41. The maximum absolute atomic E-state index is 12.8. The molecule has 1 aromatic rings. The van der Waals surface area contributed by atoms with Crippen LogP contribution in [0.4, 0.5) is 10.1 Å². The fourth-order valence-electron chi connectivity index (χ4n) is 2.82. The Morgan fingerprint density at radius 1 is 1.36 bits per heavy atom. The van der Waals surface area contributed by atoms with E-state index in [-0.39, 0.29) is 29.4 Å². The standard InChI is InChI=1S/C17H21FN2O4S/c1-10-14(17(23)24)7-8-20(10)16(22)11(2)25-9-15(21)19-13-5-3-12(18)4-6-13/h3-6,10-11,14H,7-9H2,1-2H3,(H,19,21)(H,23,24). The first-order valence-electron chi connectivity index (χ1n) is 8.00. The summed E-state index contributed by atoms with van der Waals surface area (Å²) >= 11 is 1.19. The molecule has 0 aliphatic carbocycles. The first kappa shape index (κ1) is 19.2. The third-order valence-electron chi connectivity index (χ3n) is 4.30. The molecule has 1 aliphatic heterocycles.